The van der Waals surface area contributed by atoms with E-state index in [0.717, 1.165) is 12.1 Å². The molecule has 0 spiro atoms. The van der Waals surface area contributed by atoms with E-state index >= 15 is 0 Å². The van der Waals surface area contributed by atoms with E-state index in [9.17, 15) is 13.6 Å². The molecule has 0 aliphatic rings. The van der Waals surface area contributed by atoms with E-state index in [1.807, 2.05) is 0 Å². The number of nitrogens with two attached hydrogens (primary N) is 1. The Balaban J connectivity index is 2.73. The fourth-order valence-corrected chi connectivity index (χ4v) is 1.11. The lowest BCUT2D eigenvalue weighted by Crippen LogP contribution is -2.19. The first kappa shape index (κ1) is 12.2. The molecule has 0 fully saturated rings. The molecular formula is C11H12F2N2O. The van der Waals surface area contributed by atoms with Crippen LogP contribution in [0.4, 0.5) is 14.5 Å². The lowest BCUT2D eigenvalue weighted by molar-refractivity contribution is -0.118. The molecule has 0 aromatic heterocycles. The maximum absolute atomic E-state index is 12.9. The number of amides is 1. The zero-order valence-corrected chi connectivity index (χ0v) is 8.76. The normalized spacial score (nSPS) is 10.7. The molecule has 5 heteroatoms. The van der Waals surface area contributed by atoms with Gasteiger partial charge in [0.15, 0.2) is 11.6 Å². The first-order chi connectivity index (χ1) is 7.50. The van der Waals surface area contributed by atoms with Gasteiger partial charge in [0.25, 0.3) is 0 Å². The molecule has 1 amide bonds. The van der Waals surface area contributed by atoms with E-state index in [1.165, 1.54) is 13.0 Å². The Morgan fingerprint density at radius 1 is 1.44 bits per heavy atom. The number of anilines is 1. The Kier molecular flexibility index (Phi) is 3.99. The highest BCUT2D eigenvalue weighted by Crippen LogP contribution is 2.18. The quantitative estimate of drug-likeness (QED) is 0.771. The van der Waals surface area contributed by atoms with Gasteiger partial charge in [-0.2, -0.15) is 0 Å². The molecule has 0 radical (unpaired) electrons. The Labute approximate surface area is 91.9 Å². The second kappa shape index (κ2) is 5.25. The first-order valence-corrected chi connectivity index (χ1v) is 4.66. The van der Waals surface area contributed by atoms with Crippen molar-refractivity contribution in [2.45, 2.75) is 6.92 Å². The number of nitrogen functional groups attached to an aromatic ring is 1. The van der Waals surface area contributed by atoms with Crippen molar-refractivity contribution in [3.05, 3.63) is 35.4 Å². The standard InChI is InChI=1S/C11H12F2N2O/c1-7(16)15-4-2-3-8-5-9(12)10(13)6-11(8)14/h2-3,5-6H,4,14H2,1H3,(H,15,16). The molecule has 0 atom stereocenters. The number of nitrogens with one attached hydrogen (secondary N) is 1. The van der Waals surface area contributed by atoms with Crippen molar-refractivity contribution >= 4 is 17.7 Å². The van der Waals surface area contributed by atoms with E-state index in [2.05, 4.69) is 5.32 Å². The molecular weight excluding hydrogens is 214 g/mol. The highest BCUT2D eigenvalue weighted by Gasteiger charge is 2.04. The van der Waals surface area contributed by atoms with Gasteiger partial charge < -0.3 is 11.1 Å². The number of carbonyl (C=O) groups is 1. The molecule has 0 aliphatic carbocycles. The van der Waals surface area contributed by atoms with Crippen LogP contribution in [0.5, 0.6) is 0 Å². The summed E-state index contributed by atoms with van der Waals surface area (Å²) in [5, 5.41) is 2.53. The second-order valence-electron chi connectivity index (χ2n) is 3.23. The number of halogens is 2. The topological polar surface area (TPSA) is 55.1 Å². The SMILES string of the molecule is CC(=O)NCC=Cc1cc(F)c(F)cc1N. The lowest BCUT2D eigenvalue weighted by atomic mass is 10.1. The maximum atomic E-state index is 12.9. The molecule has 1 aromatic rings. The van der Waals surface area contributed by atoms with Crippen molar-refractivity contribution in [1.29, 1.82) is 0 Å². The van der Waals surface area contributed by atoms with Gasteiger partial charge in [0, 0.05) is 30.8 Å². The predicted molar refractivity (Wildman–Crippen MR) is 58.5 cm³/mol. The van der Waals surface area contributed by atoms with Crippen LogP contribution in [-0.2, 0) is 4.79 Å². The van der Waals surface area contributed by atoms with Crippen LogP contribution in [0.25, 0.3) is 6.08 Å². The van der Waals surface area contributed by atoms with E-state index in [1.54, 1.807) is 6.08 Å². The van der Waals surface area contributed by atoms with Crippen LogP contribution in [0.2, 0.25) is 0 Å². The number of carbonyl (C=O) groups excluding carboxylic acids is 1. The van der Waals surface area contributed by atoms with Gasteiger partial charge in [-0.05, 0) is 6.07 Å². The van der Waals surface area contributed by atoms with Crippen molar-refractivity contribution in [1.82, 2.24) is 5.32 Å². The fraction of sp³-hybridized carbons (Fsp3) is 0.182. The largest absolute Gasteiger partial charge is 0.398 e. The van der Waals surface area contributed by atoms with Gasteiger partial charge in [-0.25, -0.2) is 8.78 Å². The summed E-state index contributed by atoms with van der Waals surface area (Å²) in [6, 6.07) is 1.93. The molecule has 0 heterocycles. The van der Waals surface area contributed by atoms with Crippen LogP contribution in [0.1, 0.15) is 12.5 Å². The van der Waals surface area contributed by atoms with Crippen molar-refractivity contribution in [2.24, 2.45) is 0 Å². The van der Waals surface area contributed by atoms with Crippen molar-refractivity contribution in [3.8, 4) is 0 Å². The Bertz CT molecular complexity index is 430. The lowest BCUT2D eigenvalue weighted by Gasteiger charge is -2.01. The molecule has 16 heavy (non-hydrogen) atoms. The molecule has 0 saturated heterocycles. The van der Waals surface area contributed by atoms with Crippen LogP contribution >= 0.6 is 0 Å². The molecule has 0 aliphatic heterocycles. The van der Waals surface area contributed by atoms with E-state index in [0.29, 0.717) is 12.1 Å². The minimum atomic E-state index is -0.975. The van der Waals surface area contributed by atoms with Crippen LogP contribution in [0, 0.1) is 11.6 Å². The third kappa shape index (κ3) is 3.34. The third-order valence-corrected chi connectivity index (χ3v) is 1.89. The molecule has 1 aromatic carbocycles. The van der Waals surface area contributed by atoms with E-state index < -0.39 is 11.6 Å². The third-order valence-electron chi connectivity index (χ3n) is 1.89. The smallest absolute Gasteiger partial charge is 0.217 e. The number of hydrogen-bond acceptors (Lipinski definition) is 2. The van der Waals surface area contributed by atoms with Crippen LogP contribution in [-0.4, -0.2) is 12.5 Å². The van der Waals surface area contributed by atoms with Gasteiger partial charge in [0.1, 0.15) is 0 Å². The summed E-state index contributed by atoms with van der Waals surface area (Å²) in [5.41, 5.74) is 6.02. The molecule has 1 rings (SSSR count). The summed E-state index contributed by atoms with van der Waals surface area (Å²) in [6.07, 6.45) is 3.12. The average molecular weight is 226 g/mol. The molecule has 0 saturated carbocycles. The summed E-state index contributed by atoms with van der Waals surface area (Å²) < 4.78 is 25.6. The van der Waals surface area contributed by atoms with Gasteiger partial charge in [0.05, 0.1) is 0 Å². The monoisotopic (exact) mass is 226 g/mol. The Hall–Kier alpha value is -1.91. The second-order valence-corrected chi connectivity index (χ2v) is 3.23. The molecule has 0 bridgehead atoms. The fourth-order valence-electron chi connectivity index (χ4n) is 1.11. The van der Waals surface area contributed by atoms with Crippen molar-refractivity contribution < 1.29 is 13.6 Å². The number of benzene rings is 1. The van der Waals surface area contributed by atoms with E-state index in [4.69, 9.17) is 5.73 Å². The highest BCUT2D eigenvalue weighted by molar-refractivity contribution is 5.73. The summed E-state index contributed by atoms with van der Waals surface area (Å²) >= 11 is 0. The van der Waals surface area contributed by atoms with Crippen molar-refractivity contribution in [3.63, 3.8) is 0 Å². The van der Waals surface area contributed by atoms with Gasteiger partial charge in [-0.15, -0.1) is 0 Å². The maximum Gasteiger partial charge on any atom is 0.217 e. The minimum Gasteiger partial charge on any atom is -0.398 e. The first-order valence-electron chi connectivity index (χ1n) is 4.66. The molecule has 3 N–H and O–H groups in total. The van der Waals surface area contributed by atoms with Crippen molar-refractivity contribution in [2.75, 3.05) is 12.3 Å². The van der Waals surface area contributed by atoms with Crippen LogP contribution < -0.4 is 11.1 Å². The highest BCUT2D eigenvalue weighted by atomic mass is 19.2. The van der Waals surface area contributed by atoms with Crippen LogP contribution in [0.15, 0.2) is 18.2 Å². The minimum absolute atomic E-state index is 0.151. The van der Waals surface area contributed by atoms with Gasteiger partial charge >= 0.3 is 0 Å². The van der Waals surface area contributed by atoms with Gasteiger partial charge in [-0.3, -0.25) is 4.79 Å². The zero-order valence-electron chi connectivity index (χ0n) is 8.76. The summed E-state index contributed by atoms with van der Waals surface area (Å²) in [6.45, 7) is 1.70. The summed E-state index contributed by atoms with van der Waals surface area (Å²) in [7, 11) is 0. The Morgan fingerprint density at radius 3 is 2.69 bits per heavy atom. The predicted octanol–water partition coefficient (Wildman–Crippen LogP) is 1.70. The average Bonchev–Trinajstić information content (AvgIpc) is 2.19. The summed E-state index contributed by atoms with van der Waals surface area (Å²) in [4.78, 5) is 10.5. The molecule has 0 unspecified atom stereocenters. The molecule has 86 valence electrons. The summed E-state index contributed by atoms with van der Waals surface area (Å²) in [5.74, 6) is -2.09. The molecule has 3 nitrogen and oxygen atoms in total. The Morgan fingerprint density at radius 2 is 2.06 bits per heavy atom. The number of hydrogen-bond donors (Lipinski definition) is 2. The van der Waals surface area contributed by atoms with E-state index in [-0.39, 0.29) is 11.6 Å². The van der Waals surface area contributed by atoms with Gasteiger partial charge in [0.2, 0.25) is 5.91 Å². The zero-order chi connectivity index (χ0) is 12.1. The number of rotatable bonds is 3. The van der Waals surface area contributed by atoms with Gasteiger partial charge in [-0.1, -0.05) is 12.2 Å². The van der Waals surface area contributed by atoms with Crippen LogP contribution in [0.3, 0.4) is 0 Å².